The third kappa shape index (κ3) is 8.58. The van der Waals surface area contributed by atoms with E-state index in [-0.39, 0.29) is 12.2 Å². The molecule has 1 rings (SSSR count). The lowest BCUT2D eigenvalue weighted by atomic mass is 10.0. The summed E-state index contributed by atoms with van der Waals surface area (Å²) in [5, 5.41) is 44.2. The Labute approximate surface area is 178 Å². The molecule has 3 amide bonds. The van der Waals surface area contributed by atoms with Gasteiger partial charge in [0.25, 0.3) is 0 Å². The van der Waals surface area contributed by atoms with Crippen molar-refractivity contribution in [1.82, 2.24) is 16.0 Å². The van der Waals surface area contributed by atoms with Gasteiger partial charge in [-0.25, -0.2) is 0 Å². The summed E-state index contributed by atoms with van der Waals surface area (Å²) in [6.07, 6.45) is -2.62. The van der Waals surface area contributed by atoms with Crippen molar-refractivity contribution in [2.75, 3.05) is 6.54 Å². The van der Waals surface area contributed by atoms with Gasteiger partial charge < -0.3 is 42.1 Å². The number of aliphatic hydroxyl groups is 2. The van der Waals surface area contributed by atoms with Crippen molar-refractivity contribution >= 4 is 23.7 Å². The molecule has 0 aliphatic heterocycles. The molecule has 0 aliphatic rings. The highest BCUT2D eigenvalue weighted by Crippen LogP contribution is 2.12. The molecule has 1 aromatic carbocycles. The van der Waals surface area contributed by atoms with E-state index >= 15 is 0 Å². The van der Waals surface area contributed by atoms with Crippen LogP contribution < -0.4 is 21.7 Å². The first-order valence-electron chi connectivity index (χ1n) is 9.42. The standard InChI is InChI=1S/C19H28N4O8/c1-9(24)15(20)18(30)22-13(7-11-3-5-12(26)6-4-11)17(29)23-16(10(2)25)19(31)21-8-14(27)28/h3-6,9-10,13,15-16,24-26H,7-8,20H2,1-2H3,(H,21,31)(H,22,30)(H,23,29)(H,27,28). The van der Waals surface area contributed by atoms with Gasteiger partial charge >= 0.3 is 5.97 Å². The second-order valence-corrected chi connectivity index (χ2v) is 7.04. The number of aromatic hydroxyl groups is 1. The second-order valence-electron chi connectivity index (χ2n) is 7.04. The smallest absolute Gasteiger partial charge is 0.322 e. The summed E-state index contributed by atoms with van der Waals surface area (Å²) >= 11 is 0. The van der Waals surface area contributed by atoms with Crippen molar-refractivity contribution in [3.8, 4) is 5.75 Å². The molecule has 0 spiro atoms. The van der Waals surface area contributed by atoms with Crippen molar-refractivity contribution in [3.63, 3.8) is 0 Å². The van der Waals surface area contributed by atoms with Gasteiger partial charge in [-0.05, 0) is 31.5 Å². The van der Waals surface area contributed by atoms with Gasteiger partial charge in [0, 0.05) is 6.42 Å². The number of rotatable bonds is 11. The monoisotopic (exact) mass is 440 g/mol. The molecule has 5 atom stereocenters. The van der Waals surface area contributed by atoms with Crippen LogP contribution in [0.3, 0.4) is 0 Å². The van der Waals surface area contributed by atoms with E-state index < -0.39 is 60.6 Å². The van der Waals surface area contributed by atoms with Crippen molar-refractivity contribution in [3.05, 3.63) is 29.8 Å². The van der Waals surface area contributed by atoms with Crippen LogP contribution >= 0.6 is 0 Å². The number of hydrogen-bond donors (Lipinski definition) is 8. The Morgan fingerprint density at radius 1 is 0.935 bits per heavy atom. The number of amides is 3. The van der Waals surface area contributed by atoms with E-state index in [4.69, 9.17) is 10.8 Å². The Kier molecular flexibility index (Phi) is 9.86. The Morgan fingerprint density at radius 3 is 2.00 bits per heavy atom. The molecule has 0 bridgehead atoms. The van der Waals surface area contributed by atoms with E-state index in [1.807, 2.05) is 0 Å². The molecule has 0 heterocycles. The minimum Gasteiger partial charge on any atom is -0.508 e. The summed E-state index contributed by atoms with van der Waals surface area (Å²) in [6, 6.07) is 1.73. The minimum atomic E-state index is -1.49. The number of nitrogens with one attached hydrogen (secondary N) is 3. The molecule has 31 heavy (non-hydrogen) atoms. The van der Waals surface area contributed by atoms with E-state index in [9.17, 15) is 34.5 Å². The Bertz CT molecular complexity index is 782. The molecule has 5 unspecified atom stereocenters. The highest BCUT2D eigenvalue weighted by atomic mass is 16.4. The number of carbonyl (C=O) groups is 4. The Balaban J connectivity index is 3.03. The summed E-state index contributed by atoms with van der Waals surface area (Å²) in [5.41, 5.74) is 6.15. The predicted octanol–water partition coefficient (Wildman–Crippen LogP) is -2.81. The zero-order valence-corrected chi connectivity index (χ0v) is 17.1. The van der Waals surface area contributed by atoms with Crippen molar-refractivity contribution < 1.29 is 39.6 Å². The summed E-state index contributed by atoms with van der Waals surface area (Å²) in [5.74, 6) is -3.92. The maximum Gasteiger partial charge on any atom is 0.322 e. The van der Waals surface area contributed by atoms with Crippen LogP contribution in [0.4, 0.5) is 0 Å². The molecule has 0 radical (unpaired) electrons. The maximum absolute atomic E-state index is 12.8. The molecular weight excluding hydrogens is 412 g/mol. The summed E-state index contributed by atoms with van der Waals surface area (Å²) in [4.78, 5) is 47.9. The van der Waals surface area contributed by atoms with Gasteiger partial charge in [-0.2, -0.15) is 0 Å². The van der Waals surface area contributed by atoms with Crippen LogP contribution in [-0.2, 0) is 25.6 Å². The molecular formula is C19H28N4O8. The highest BCUT2D eigenvalue weighted by Gasteiger charge is 2.31. The number of benzene rings is 1. The maximum atomic E-state index is 12.8. The SMILES string of the molecule is CC(O)C(N)C(=O)NC(Cc1ccc(O)cc1)C(=O)NC(C(=O)NCC(=O)O)C(C)O. The van der Waals surface area contributed by atoms with Crippen LogP contribution in [0.15, 0.2) is 24.3 Å². The van der Waals surface area contributed by atoms with Crippen LogP contribution in [-0.4, -0.2) is 81.0 Å². The van der Waals surface area contributed by atoms with Crippen LogP contribution in [0, 0.1) is 0 Å². The van der Waals surface area contributed by atoms with Crippen LogP contribution in [0.25, 0.3) is 0 Å². The van der Waals surface area contributed by atoms with E-state index in [1.165, 1.54) is 38.1 Å². The van der Waals surface area contributed by atoms with Gasteiger partial charge in [0.2, 0.25) is 17.7 Å². The lowest BCUT2D eigenvalue weighted by Crippen LogP contribution is -2.60. The van der Waals surface area contributed by atoms with Gasteiger partial charge in [-0.3, -0.25) is 19.2 Å². The molecule has 1 aromatic rings. The van der Waals surface area contributed by atoms with Crippen LogP contribution in [0.1, 0.15) is 19.4 Å². The number of hydrogen-bond acceptors (Lipinski definition) is 8. The number of carboxylic acid groups (broad SMARTS) is 1. The largest absolute Gasteiger partial charge is 0.508 e. The lowest BCUT2D eigenvalue weighted by molar-refractivity contribution is -0.139. The second kappa shape index (κ2) is 11.8. The van der Waals surface area contributed by atoms with Gasteiger partial charge in [0.15, 0.2) is 0 Å². The number of aliphatic hydroxyl groups excluding tert-OH is 2. The van der Waals surface area contributed by atoms with E-state index in [0.717, 1.165) is 0 Å². The summed E-state index contributed by atoms with van der Waals surface area (Å²) < 4.78 is 0. The van der Waals surface area contributed by atoms with Crippen molar-refractivity contribution in [1.29, 1.82) is 0 Å². The molecule has 172 valence electrons. The third-order valence-corrected chi connectivity index (χ3v) is 4.31. The molecule has 0 aliphatic carbocycles. The third-order valence-electron chi connectivity index (χ3n) is 4.31. The number of carboxylic acids is 1. The number of phenolic OH excluding ortho intramolecular Hbond substituents is 1. The number of carbonyl (C=O) groups excluding carboxylic acids is 3. The van der Waals surface area contributed by atoms with E-state index in [1.54, 1.807) is 0 Å². The van der Waals surface area contributed by atoms with Gasteiger partial charge in [-0.1, -0.05) is 12.1 Å². The number of nitrogens with two attached hydrogens (primary N) is 1. The summed E-state index contributed by atoms with van der Waals surface area (Å²) in [7, 11) is 0. The molecule has 0 fully saturated rings. The zero-order chi connectivity index (χ0) is 23.7. The molecule has 0 saturated heterocycles. The lowest BCUT2D eigenvalue weighted by Gasteiger charge is -2.26. The Hall–Kier alpha value is -3.22. The fourth-order valence-electron chi connectivity index (χ4n) is 2.50. The normalized spacial score (nSPS) is 15.6. The van der Waals surface area contributed by atoms with E-state index in [2.05, 4.69) is 16.0 Å². The fraction of sp³-hybridized carbons (Fsp3) is 0.474. The highest BCUT2D eigenvalue weighted by molar-refractivity contribution is 5.94. The van der Waals surface area contributed by atoms with Gasteiger partial charge in [-0.15, -0.1) is 0 Å². The quantitative estimate of drug-likeness (QED) is 0.178. The van der Waals surface area contributed by atoms with Crippen molar-refractivity contribution in [2.24, 2.45) is 5.73 Å². The number of aliphatic carboxylic acids is 1. The zero-order valence-electron chi connectivity index (χ0n) is 17.1. The topological polar surface area (TPSA) is 211 Å². The molecule has 0 saturated carbocycles. The van der Waals surface area contributed by atoms with E-state index in [0.29, 0.717) is 5.56 Å². The fourth-order valence-corrected chi connectivity index (χ4v) is 2.50. The molecule has 0 aromatic heterocycles. The average molecular weight is 440 g/mol. The average Bonchev–Trinajstić information content (AvgIpc) is 2.69. The predicted molar refractivity (Wildman–Crippen MR) is 108 cm³/mol. The first-order chi connectivity index (χ1) is 14.4. The molecule has 12 nitrogen and oxygen atoms in total. The molecule has 9 N–H and O–H groups in total. The van der Waals surface area contributed by atoms with Crippen molar-refractivity contribution in [2.45, 2.75) is 50.6 Å². The van der Waals surface area contributed by atoms with Gasteiger partial charge in [0.05, 0.1) is 12.2 Å². The molecule has 12 heteroatoms. The first-order valence-corrected chi connectivity index (χ1v) is 9.42. The van der Waals surface area contributed by atoms with Gasteiger partial charge in [0.1, 0.15) is 30.4 Å². The first kappa shape index (κ1) is 25.8. The van der Waals surface area contributed by atoms with Crippen LogP contribution in [0.2, 0.25) is 0 Å². The minimum absolute atomic E-state index is 0.00538. The number of phenols is 1. The van der Waals surface area contributed by atoms with Crippen LogP contribution in [0.5, 0.6) is 5.75 Å². The Morgan fingerprint density at radius 2 is 1.52 bits per heavy atom. The summed E-state index contributed by atoms with van der Waals surface area (Å²) in [6.45, 7) is 1.81.